The molecule has 0 atom stereocenters. The summed E-state index contributed by atoms with van der Waals surface area (Å²) in [7, 11) is 0. The van der Waals surface area contributed by atoms with Crippen molar-refractivity contribution in [2.45, 2.75) is 19.3 Å². The highest BCUT2D eigenvalue weighted by molar-refractivity contribution is 5.61. The molecule has 0 bridgehead atoms. The van der Waals surface area contributed by atoms with Crippen LogP contribution in [0.1, 0.15) is 24.8 Å². The van der Waals surface area contributed by atoms with E-state index in [1.54, 1.807) is 6.33 Å². The van der Waals surface area contributed by atoms with Crippen molar-refractivity contribution in [2.24, 2.45) is 0 Å². The van der Waals surface area contributed by atoms with Gasteiger partial charge in [-0.05, 0) is 19.3 Å². The largest absolute Gasteiger partial charge is 0.356 e. The molecule has 3 heteroatoms. The first-order chi connectivity index (χ1) is 6.92. The molecule has 1 aromatic rings. The molecule has 0 unspecified atom stereocenters. The topological polar surface area (TPSA) is 29.0 Å². The molecule has 0 saturated carbocycles. The molecule has 1 aliphatic rings. The Labute approximate surface area is 84.5 Å². The molecule has 2 heterocycles. The summed E-state index contributed by atoms with van der Waals surface area (Å²) in [5, 5.41) is 0. The summed E-state index contributed by atoms with van der Waals surface area (Å²) in [6, 6.07) is 0. The van der Waals surface area contributed by atoms with Gasteiger partial charge >= 0.3 is 0 Å². The van der Waals surface area contributed by atoms with Gasteiger partial charge in [-0.15, -0.1) is 0 Å². The van der Waals surface area contributed by atoms with Crippen LogP contribution < -0.4 is 4.90 Å². The number of anilines is 1. The average Bonchev–Trinajstić information content (AvgIpc) is 2.30. The number of piperidine rings is 1. The Hall–Kier alpha value is -1.38. The van der Waals surface area contributed by atoms with Crippen molar-refractivity contribution in [3.63, 3.8) is 0 Å². The van der Waals surface area contributed by atoms with E-state index in [1.807, 2.05) is 12.3 Å². The van der Waals surface area contributed by atoms with Gasteiger partial charge in [0.15, 0.2) is 0 Å². The lowest BCUT2D eigenvalue weighted by Crippen LogP contribution is -2.30. The lowest BCUT2D eigenvalue weighted by molar-refractivity contribution is 0.572. The number of hydrogen-bond donors (Lipinski definition) is 0. The Balaban J connectivity index is 2.24. The van der Waals surface area contributed by atoms with E-state index in [4.69, 9.17) is 0 Å². The molecular weight excluding hydrogens is 174 g/mol. The van der Waals surface area contributed by atoms with Gasteiger partial charge in [0, 0.05) is 24.8 Å². The molecule has 1 aliphatic heterocycles. The van der Waals surface area contributed by atoms with E-state index < -0.39 is 0 Å². The molecule has 0 radical (unpaired) electrons. The molecule has 1 aromatic heterocycles. The third kappa shape index (κ3) is 1.76. The number of hydrogen-bond acceptors (Lipinski definition) is 3. The van der Waals surface area contributed by atoms with Gasteiger partial charge in [-0.3, -0.25) is 0 Å². The van der Waals surface area contributed by atoms with Crippen molar-refractivity contribution in [1.29, 1.82) is 0 Å². The zero-order chi connectivity index (χ0) is 9.80. The molecule has 1 fully saturated rings. The first-order valence-electron chi connectivity index (χ1n) is 5.09. The maximum atomic E-state index is 4.32. The van der Waals surface area contributed by atoms with E-state index in [2.05, 4.69) is 21.4 Å². The predicted molar refractivity (Wildman–Crippen MR) is 58.2 cm³/mol. The minimum absolute atomic E-state index is 1.04. The van der Waals surface area contributed by atoms with Gasteiger partial charge in [-0.1, -0.05) is 12.7 Å². The van der Waals surface area contributed by atoms with Gasteiger partial charge in [0.25, 0.3) is 0 Å². The molecule has 0 aliphatic carbocycles. The Kier molecular flexibility index (Phi) is 2.77. The summed E-state index contributed by atoms with van der Waals surface area (Å²) in [6.07, 6.45) is 9.12. The van der Waals surface area contributed by atoms with Crippen LogP contribution in [-0.4, -0.2) is 23.1 Å². The first kappa shape index (κ1) is 9.19. The molecule has 0 spiro atoms. The fourth-order valence-corrected chi connectivity index (χ4v) is 1.85. The average molecular weight is 189 g/mol. The summed E-state index contributed by atoms with van der Waals surface area (Å²) in [6.45, 7) is 6.00. The number of aromatic nitrogens is 2. The first-order valence-corrected chi connectivity index (χ1v) is 5.09. The Morgan fingerprint density at radius 1 is 1.29 bits per heavy atom. The van der Waals surface area contributed by atoms with Crippen LogP contribution in [0.3, 0.4) is 0 Å². The minimum atomic E-state index is 1.04. The highest BCUT2D eigenvalue weighted by atomic mass is 15.2. The summed E-state index contributed by atoms with van der Waals surface area (Å²) in [5.41, 5.74) is 1.04. The molecule has 0 aromatic carbocycles. The summed E-state index contributed by atoms with van der Waals surface area (Å²) in [4.78, 5) is 10.6. The third-order valence-electron chi connectivity index (χ3n) is 2.59. The Morgan fingerprint density at radius 2 is 2.07 bits per heavy atom. The number of rotatable bonds is 2. The minimum Gasteiger partial charge on any atom is -0.356 e. The van der Waals surface area contributed by atoms with Crippen molar-refractivity contribution in [2.75, 3.05) is 18.0 Å². The lowest BCUT2D eigenvalue weighted by atomic mass is 10.1. The van der Waals surface area contributed by atoms with E-state index in [-0.39, 0.29) is 0 Å². The van der Waals surface area contributed by atoms with Crippen LogP contribution in [0.5, 0.6) is 0 Å². The van der Waals surface area contributed by atoms with Crippen molar-refractivity contribution >= 4 is 11.9 Å². The zero-order valence-electron chi connectivity index (χ0n) is 8.32. The van der Waals surface area contributed by atoms with E-state index in [0.717, 1.165) is 24.5 Å². The fourth-order valence-electron chi connectivity index (χ4n) is 1.85. The monoisotopic (exact) mass is 189 g/mol. The van der Waals surface area contributed by atoms with Gasteiger partial charge in [0.2, 0.25) is 0 Å². The second kappa shape index (κ2) is 4.22. The molecule has 0 N–H and O–H groups in total. The zero-order valence-corrected chi connectivity index (χ0v) is 8.32. The molecule has 14 heavy (non-hydrogen) atoms. The molecule has 3 nitrogen and oxygen atoms in total. The second-order valence-electron chi connectivity index (χ2n) is 3.55. The predicted octanol–water partition coefficient (Wildman–Crippen LogP) is 2.11. The standard InChI is InChI=1S/C11H15N3/c1-2-10-8-12-9-13-11(10)14-6-4-3-5-7-14/h2,8-9H,1,3-7H2. The van der Waals surface area contributed by atoms with Crippen LogP contribution in [0.15, 0.2) is 19.1 Å². The highest BCUT2D eigenvalue weighted by Crippen LogP contribution is 2.21. The molecule has 2 rings (SSSR count). The molecule has 0 amide bonds. The van der Waals surface area contributed by atoms with Gasteiger partial charge in [0.05, 0.1) is 0 Å². The lowest BCUT2D eigenvalue weighted by Gasteiger charge is -2.28. The summed E-state index contributed by atoms with van der Waals surface area (Å²) >= 11 is 0. The maximum absolute atomic E-state index is 4.32. The van der Waals surface area contributed by atoms with Crippen LogP contribution >= 0.6 is 0 Å². The Morgan fingerprint density at radius 3 is 2.79 bits per heavy atom. The van der Waals surface area contributed by atoms with Crippen molar-refractivity contribution in [3.05, 3.63) is 24.7 Å². The van der Waals surface area contributed by atoms with E-state index >= 15 is 0 Å². The van der Waals surface area contributed by atoms with Crippen molar-refractivity contribution in [1.82, 2.24) is 9.97 Å². The van der Waals surface area contributed by atoms with Crippen molar-refractivity contribution in [3.8, 4) is 0 Å². The molecule has 1 saturated heterocycles. The van der Waals surface area contributed by atoms with Gasteiger partial charge in [0.1, 0.15) is 12.1 Å². The maximum Gasteiger partial charge on any atom is 0.139 e. The van der Waals surface area contributed by atoms with Gasteiger partial charge in [-0.2, -0.15) is 0 Å². The van der Waals surface area contributed by atoms with Crippen LogP contribution in [0.2, 0.25) is 0 Å². The summed E-state index contributed by atoms with van der Waals surface area (Å²) in [5.74, 6) is 1.04. The van der Waals surface area contributed by atoms with Gasteiger partial charge < -0.3 is 4.90 Å². The van der Waals surface area contributed by atoms with Gasteiger partial charge in [-0.25, -0.2) is 9.97 Å². The Bertz CT molecular complexity index is 316. The highest BCUT2D eigenvalue weighted by Gasteiger charge is 2.13. The van der Waals surface area contributed by atoms with Crippen LogP contribution in [0, 0.1) is 0 Å². The summed E-state index contributed by atoms with van der Waals surface area (Å²) < 4.78 is 0. The number of nitrogens with zero attached hydrogens (tertiary/aromatic N) is 3. The van der Waals surface area contributed by atoms with E-state index in [1.165, 1.54) is 19.3 Å². The molecular formula is C11H15N3. The van der Waals surface area contributed by atoms with E-state index in [0.29, 0.717) is 0 Å². The van der Waals surface area contributed by atoms with Crippen LogP contribution in [-0.2, 0) is 0 Å². The smallest absolute Gasteiger partial charge is 0.139 e. The second-order valence-corrected chi connectivity index (χ2v) is 3.55. The van der Waals surface area contributed by atoms with Crippen molar-refractivity contribution < 1.29 is 0 Å². The fraction of sp³-hybridized carbons (Fsp3) is 0.455. The SMILES string of the molecule is C=Cc1cncnc1N1CCCCC1. The quantitative estimate of drug-likeness (QED) is 0.713. The van der Waals surface area contributed by atoms with E-state index in [9.17, 15) is 0 Å². The normalized spacial score (nSPS) is 16.7. The molecule has 74 valence electrons. The van der Waals surface area contributed by atoms with Crippen LogP contribution in [0.25, 0.3) is 6.08 Å². The third-order valence-corrected chi connectivity index (χ3v) is 2.59. The van der Waals surface area contributed by atoms with Crippen LogP contribution in [0.4, 0.5) is 5.82 Å².